The van der Waals surface area contributed by atoms with Crippen LogP contribution < -0.4 is 10.1 Å². The molecule has 1 unspecified atom stereocenters. The number of nitrogens with two attached hydrogens (primary N) is 1. The maximum absolute atomic E-state index is 10.7. The van der Waals surface area contributed by atoms with Crippen LogP contribution in [0.1, 0.15) is 17.9 Å². The molecule has 0 saturated carbocycles. The molecule has 0 spiro atoms. The third-order valence-electron chi connectivity index (χ3n) is 1.95. The lowest BCUT2D eigenvalue weighted by Gasteiger charge is -2.07. The van der Waals surface area contributed by atoms with Gasteiger partial charge in [-0.1, -0.05) is 12.1 Å². The van der Waals surface area contributed by atoms with Gasteiger partial charge in [0.25, 0.3) is 0 Å². The first kappa shape index (κ1) is 12.0. The Morgan fingerprint density at radius 2 is 2.07 bits per heavy atom. The summed E-state index contributed by atoms with van der Waals surface area (Å²) in [5, 5.41) is 2.01. The third-order valence-corrected chi connectivity index (χ3v) is 2.38. The molecule has 1 aromatic carbocycles. The monoisotopic (exact) mass is 228 g/mol. The molecular weight excluding hydrogens is 214 g/mol. The van der Waals surface area contributed by atoms with Crippen molar-refractivity contribution in [2.45, 2.75) is 12.3 Å². The molecule has 82 valence electrons. The topological polar surface area (TPSA) is 42.9 Å². The van der Waals surface area contributed by atoms with Gasteiger partial charge in [0.15, 0.2) is 0 Å². The van der Waals surface area contributed by atoms with Crippen molar-refractivity contribution in [2.75, 3.05) is 13.6 Å². The second kappa shape index (κ2) is 5.73. The molecular formula is C11H15ClNO2+. The summed E-state index contributed by atoms with van der Waals surface area (Å²) in [6, 6.07) is 7.25. The zero-order valence-electron chi connectivity index (χ0n) is 8.87. The van der Waals surface area contributed by atoms with Gasteiger partial charge in [0.1, 0.15) is 11.1 Å². The van der Waals surface area contributed by atoms with Crippen LogP contribution in [0.4, 0.5) is 0 Å². The highest BCUT2D eigenvalue weighted by molar-refractivity contribution is 6.20. The van der Waals surface area contributed by atoms with Crippen LogP contribution in [0.2, 0.25) is 0 Å². The number of hydrogen-bond donors (Lipinski definition) is 1. The minimum atomic E-state index is -0.313. The van der Waals surface area contributed by atoms with Crippen LogP contribution in [0.3, 0.4) is 0 Å². The Balaban J connectivity index is 2.67. The maximum atomic E-state index is 10.7. The van der Waals surface area contributed by atoms with Gasteiger partial charge in [0, 0.05) is 6.92 Å². The van der Waals surface area contributed by atoms with E-state index in [9.17, 15) is 4.79 Å². The molecule has 0 heterocycles. The Labute approximate surface area is 94.4 Å². The van der Waals surface area contributed by atoms with Crippen molar-refractivity contribution in [1.82, 2.24) is 0 Å². The van der Waals surface area contributed by atoms with Crippen LogP contribution in [-0.2, 0) is 4.79 Å². The SMILES string of the molecule is C[NH2+]CC(Cl)c1ccc(OC(C)=O)cc1. The molecule has 0 aliphatic heterocycles. The second-order valence-electron chi connectivity index (χ2n) is 3.27. The Kier molecular flexibility index (Phi) is 4.59. The molecule has 0 bridgehead atoms. The van der Waals surface area contributed by atoms with Crippen LogP contribution in [0.15, 0.2) is 24.3 Å². The summed E-state index contributed by atoms with van der Waals surface area (Å²) in [4.78, 5) is 10.7. The second-order valence-corrected chi connectivity index (χ2v) is 3.80. The van der Waals surface area contributed by atoms with E-state index in [-0.39, 0.29) is 11.3 Å². The fourth-order valence-electron chi connectivity index (χ4n) is 1.25. The minimum Gasteiger partial charge on any atom is -0.427 e. The molecule has 0 saturated heterocycles. The Bertz CT molecular complexity index is 324. The van der Waals surface area contributed by atoms with E-state index in [1.165, 1.54) is 6.92 Å². The third kappa shape index (κ3) is 3.90. The van der Waals surface area contributed by atoms with Gasteiger partial charge in [0.05, 0.1) is 13.6 Å². The maximum Gasteiger partial charge on any atom is 0.308 e. The fourth-order valence-corrected chi connectivity index (χ4v) is 1.58. The Hall–Kier alpha value is -1.06. The molecule has 3 nitrogen and oxygen atoms in total. The standard InChI is InChI=1S/C11H14ClNO2/c1-8(14)15-10-5-3-9(4-6-10)11(12)7-13-2/h3-6,11,13H,7H2,1-2H3/p+1. The van der Waals surface area contributed by atoms with Crippen molar-refractivity contribution in [1.29, 1.82) is 0 Å². The number of benzene rings is 1. The van der Waals surface area contributed by atoms with Crippen LogP contribution in [-0.4, -0.2) is 19.6 Å². The number of esters is 1. The zero-order valence-corrected chi connectivity index (χ0v) is 9.62. The van der Waals surface area contributed by atoms with Gasteiger partial charge < -0.3 is 10.1 Å². The summed E-state index contributed by atoms with van der Waals surface area (Å²) in [5.41, 5.74) is 1.03. The predicted octanol–water partition coefficient (Wildman–Crippen LogP) is 1.08. The number of carbonyl (C=O) groups is 1. The van der Waals surface area contributed by atoms with Gasteiger partial charge in [-0.25, -0.2) is 0 Å². The van der Waals surface area contributed by atoms with Crippen LogP contribution in [0, 0.1) is 0 Å². The summed E-state index contributed by atoms with van der Waals surface area (Å²) in [6.07, 6.45) is 0. The smallest absolute Gasteiger partial charge is 0.308 e. The van der Waals surface area contributed by atoms with E-state index in [2.05, 4.69) is 0 Å². The van der Waals surface area contributed by atoms with Gasteiger partial charge in [-0.05, 0) is 17.7 Å². The number of carbonyl (C=O) groups excluding carboxylic acids is 1. The highest BCUT2D eigenvalue weighted by atomic mass is 35.5. The normalized spacial score (nSPS) is 12.2. The van der Waals surface area contributed by atoms with E-state index in [4.69, 9.17) is 16.3 Å². The lowest BCUT2D eigenvalue weighted by molar-refractivity contribution is -0.627. The minimum absolute atomic E-state index is 0.0126. The number of quaternary nitrogens is 1. The molecule has 0 amide bonds. The predicted molar refractivity (Wildman–Crippen MR) is 59.1 cm³/mol. The fraction of sp³-hybridized carbons (Fsp3) is 0.364. The lowest BCUT2D eigenvalue weighted by atomic mass is 10.1. The van der Waals surface area contributed by atoms with Crippen LogP contribution in [0.5, 0.6) is 5.75 Å². The van der Waals surface area contributed by atoms with Crippen molar-refractivity contribution in [3.63, 3.8) is 0 Å². The lowest BCUT2D eigenvalue weighted by Crippen LogP contribution is -2.80. The molecule has 0 aromatic heterocycles. The summed E-state index contributed by atoms with van der Waals surface area (Å²) < 4.78 is 4.92. The first-order valence-corrected chi connectivity index (χ1v) is 5.27. The zero-order chi connectivity index (χ0) is 11.3. The van der Waals surface area contributed by atoms with Crippen molar-refractivity contribution < 1.29 is 14.8 Å². The van der Waals surface area contributed by atoms with E-state index in [1.807, 2.05) is 24.5 Å². The van der Waals surface area contributed by atoms with Gasteiger partial charge in [-0.15, -0.1) is 11.6 Å². The average Bonchev–Trinajstić information content (AvgIpc) is 2.18. The molecule has 1 aromatic rings. The molecule has 1 atom stereocenters. The van der Waals surface area contributed by atoms with E-state index >= 15 is 0 Å². The average molecular weight is 229 g/mol. The number of halogens is 1. The van der Waals surface area contributed by atoms with Crippen molar-refractivity contribution in [3.05, 3.63) is 29.8 Å². The highest BCUT2D eigenvalue weighted by Gasteiger charge is 2.08. The number of likely N-dealkylation sites (N-methyl/N-ethyl adjacent to an activating group) is 1. The number of hydrogen-bond acceptors (Lipinski definition) is 2. The number of ether oxygens (including phenoxy) is 1. The van der Waals surface area contributed by atoms with E-state index < -0.39 is 0 Å². The van der Waals surface area contributed by atoms with Crippen molar-refractivity contribution >= 4 is 17.6 Å². The van der Waals surface area contributed by atoms with Gasteiger partial charge in [0.2, 0.25) is 0 Å². The van der Waals surface area contributed by atoms with Gasteiger partial charge >= 0.3 is 5.97 Å². The van der Waals surface area contributed by atoms with Gasteiger partial charge in [-0.2, -0.15) is 0 Å². The quantitative estimate of drug-likeness (QED) is 0.476. The van der Waals surface area contributed by atoms with Crippen LogP contribution in [0.25, 0.3) is 0 Å². The molecule has 0 radical (unpaired) electrons. The van der Waals surface area contributed by atoms with Crippen molar-refractivity contribution in [2.24, 2.45) is 0 Å². The highest BCUT2D eigenvalue weighted by Crippen LogP contribution is 2.21. The van der Waals surface area contributed by atoms with Crippen molar-refractivity contribution in [3.8, 4) is 5.75 Å². The molecule has 0 aliphatic carbocycles. The largest absolute Gasteiger partial charge is 0.427 e. The first-order chi connectivity index (χ1) is 7.13. The molecule has 15 heavy (non-hydrogen) atoms. The summed E-state index contributed by atoms with van der Waals surface area (Å²) in [5.74, 6) is 0.239. The Morgan fingerprint density at radius 1 is 1.47 bits per heavy atom. The van der Waals surface area contributed by atoms with Gasteiger partial charge in [-0.3, -0.25) is 4.79 Å². The van der Waals surface area contributed by atoms with E-state index in [0.29, 0.717) is 5.75 Å². The summed E-state index contributed by atoms with van der Waals surface area (Å²) in [6.45, 7) is 2.21. The van der Waals surface area contributed by atoms with Crippen LogP contribution >= 0.6 is 11.6 Å². The number of rotatable bonds is 4. The summed E-state index contributed by atoms with van der Waals surface area (Å²) in [7, 11) is 1.97. The van der Waals surface area contributed by atoms with E-state index in [0.717, 1.165) is 12.1 Å². The molecule has 1 rings (SSSR count). The summed E-state index contributed by atoms with van der Waals surface area (Å²) >= 11 is 6.13. The Morgan fingerprint density at radius 3 is 2.53 bits per heavy atom. The molecule has 2 N–H and O–H groups in total. The molecule has 0 fully saturated rings. The number of alkyl halides is 1. The molecule has 4 heteroatoms. The first-order valence-electron chi connectivity index (χ1n) is 4.83. The molecule has 0 aliphatic rings. The van der Waals surface area contributed by atoms with E-state index in [1.54, 1.807) is 12.1 Å².